The van der Waals surface area contributed by atoms with Gasteiger partial charge >= 0.3 is 6.03 Å². The summed E-state index contributed by atoms with van der Waals surface area (Å²) >= 11 is 6.10. The molecular formula is C32H43ClN4O5. The molecule has 3 N–H and O–H groups in total. The predicted octanol–water partition coefficient (Wildman–Crippen LogP) is 4.50. The molecule has 2 aromatic carbocycles. The number of fused-ring (bicyclic) bond motifs is 1. The lowest BCUT2D eigenvalue weighted by Gasteiger charge is -2.29. The first kappa shape index (κ1) is 31.6. The second kappa shape index (κ2) is 15.8. The van der Waals surface area contributed by atoms with Crippen LogP contribution in [0.4, 0.5) is 4.79 Å². The molecule has 2 atom stereocenters. The van der Waals surface area contributed by atoms with Crippen molar-refractivity contribution in [3.8, 4) is 5.75 Å². The van der Waals surface area contributed by atoms with E-state index in [1.54, 1.807) is 18.0 Å². The Bertz CT molecular complexity index is 1200. The number of amides is 4. The SMILES string of the molecule is CN(Cc1cccc(Cl)c1)C(=O)NC(CC1CCCCC1)C(=O)NC(CO)CCC(=O)N1CCOc2ccccc2C1. The summed E-state index contributed by atoms with van der Waals surface area (Å²) in [5.41, 5.74) is 1.84. The normalized spacial score (nSPS) is 16.8. The average Bonchev–Trinajstić information content (AvgIpc) is 3.22. The van der Waals surface area contributed by atoms with Gasteiger partial charge in [0.1, 0.15) is 18.4 Å². The van der Waals surface area contributed by atoms with Gasteiger partial charge in [-0.25, -0.2) is 4.79 Å². The first-order chi connectivity index (χ1) is 20.3. The number of urea groups is 1. The van der Waals surface area contributed by atoms with Crippen LogP contribution in [0.1, 0.15) is 62.5 Å². The maximum atomic E-state index is 13.5. The van der Waals surface area contributed by atoms with Gasteiger partial charge in [-0.15, -0.1) is 0 Å². The molecule has 0 radical (unpaired) electrons. The van der Waals surface area contributed by atoms with Crippen molar-refractivity contribution in [3.05, 3.63) is 64.7 Å². The molecule has 1 aliphatic heterocycles. The number of hydrogen-bond acceptors (Lipinski definition) is 5. The van der Waals surface area contributed by atoms with E-state index in [1.807, 2.05) is 42.5 Å². The van der Waals surface area contributed by atoms with Gasteiger partial charge in [0.25, 0.3) is 0 Å². The summed E-state index contributed by atoms with van der Waals surface area (Å²) in [5.74, 6) is 0.735. The zero-order valence-corrected chi connectivity index (χ0v) is 25.2. The van der Waals surface area contributed by atoms with Gasteiger partial charge in [0.05, 0.1) is 19.2 Å². The third kappa shape index (κ3) is 9.36. The molecule has 0 aromatic heterocycles. The molecule has 4 rings (SSSR count). The highest BCUT2D eigenvalue weighted by Gasteiger charge is 2.29. The quantitative estimate of drug-likeness (QED) is 0.353. The molecule has 1 saturated carbocycles. The molecule has 2 aromatic rings. The number of aliphatic hydroxyl groups excluding tert-OH is 1. The molecule has 0 bridgehead atoms. The molecule has 2 unspecified atom stereocenters. The number of carbonyl (C=O) groups is 3. The third-order valence-electron chi connectivity index (χ3n) is 8.14. The minimum absolute atomic E-state index is 0.0577. The number of ether oxygens (including phenoxy) is 1. The van der Waals surface area contributed by atoms with Crippen LogP contribution in [0, 0.1) is 5.92 Å². The summed E-state index contributed by atoms with van der Waals surface area (Å²) in [6, 6.07) is 13.3. The maximum Gasteiger partial charge on any atom is 0.318 e. The Morgan fingerprint density at radius 2 is 1.88 bits per heavy atom. The van der Waals surface area contributed by atoms with Gasteiger partial charge < -0.3 is 30.3 Å². The summed E-state index contributed by atoms with van der Waals surface area (Å²) < 4.78 is 5.77. The van der Waals surface area contributed by atoms with Crippen LogP contribution < -0.4 is 15.4 Å². The number of halogens is 1. The summed E-state index contributed by atoms with van der Waals surface area (Å²) in [5, 5.41) is 16.5. The van der Waals surface area contributed by atoms with Gasteiger partial charge in [0.15, 0.2) is 0 Å². The second-order valence-corrected chi connectivity index (χ2v) is 11.9. The van der Waals surface area contributed by atoms with E-state index in [1.165, 1.54) is 11.3 Å². The topological polar surface area (TPSA) is 111 Å². The maximum absolute atomic E-state index is 13.5. The first-order valence-electron chi connectivity index (χ1n) is 15.0. The number of nitrogens with one attached hydrogen (secondary N) is 2. The van der Waals surface area contributed by atoms with Gasteiger partial charge in [0, 0.05) is 37.1 Å². The molecule has 0 spiro atoms. The number of hydrogen-bond donors (Lipinski definition) is 3. The fourth-order valence-electron chi connectivity index (χ4n) is 5.73. The van der Waals surface area contributed by atoms with Crippen LogP contribution in [-0.2, 0) is 22.7 Å². The van der Waals surface area contributed by atoms with E-state index in [0.29, 0.717) is 50.0 Å². The molecule has 2 aliphatic rings. The predicted molar refractivity (Wildman–Crippen MR) is 162 cm³/mol. The largest absolute Gasteiger partial charge is 0.491 e. The van der Waals surface area contributed by atoms with Gasteiger partial charge in [0.2, 0.25) is 11.8 Å². The molecule has 42 heavy (non-hydrogen) atoms. The van der Waals surface area contributed by atoms with E-state index >= 15 is 0 Å². The van der Waals surface area contributed by atoms with Crippen molar-refractivity contribution in [1.82, 2.24) is 20.4 Å². The van der Waals surface area contributed by atoms with Crippen molar-refractivity contribution >= 4 is 29.4 Å². The molecule has 1 heterocycles. The molecule has 4 amide bonds. The Balaban J connectivity index is 1.34. The Kier molecular flexibility index (Phi) is 11.9. The number of nitrogens with zero attached hydrogens (tertiary/aromatic N) is 2. The van der Waals surface area contributed by atoms with E-state index in [4.69, 9.17) is 16.3 Å². The fourth-order valence-corrected chi connectivity index (χ4v) is 5.95. The van der Waals surface area contributed by atoms with Crippen molar-refractivity contribution in [2.24, 2.45) is 5.92 Å². The van der Waals surface area contributed by atoms with E-state index < -0.39 is 12.1 Å². The number of para-hydroxylation sites is 1. The number of aliphatic hydroxyl groups is 1. The highest BCUT2D eigenvalue weighted by Crippen LogP contribution is 2.28. The standard InChI is InChI=1S/C32H43ClN4O5/c1-36(20-24-10-7-12-26(33)18-24)32(41)35-28(19-23-8-3-2-4-9-23)31(40)34-27(22-38)14-15-30(39)37-16-17-42-29-13-6-5-11-25(29)21-37/h5-7,10-13,18,23,27-28,38H,2-4,8-9,14-17,19-22H2,1H3,(H,34,40)(H,35,41). The molecule has 9 nitrogen and oxygen atoms in total. The zero-order chi connectivity index (χ0) is 29.9. The van der Waals surface area contributed by atoms with E-state index in [2.05, 4.69) is 10.6 Å². The highest BCUT2D eigenvalue weighted by molar-refractivity contribution is 6.30. The van der Waals surface area contributed by atoms with Crippen LogP contribution in [0.5, 0.6) is 5.75 Å². The molecule has 1 fully saturated rings. The monoisotopic (exact) mass is 598 g/mol. The Morgan fingerprint density at radius 1 is 1.10 bits per heavy atom. The van der Waals surface area contributed by atoms with Crippen LogP contribution in [0.25, 0.3) is 0 Å². The third-order valence-corrected chi connectivity index (χ3v) is 8.38. The van der Waals surface area contributed by atoms with Crippen molar-refractivity contribution in [3.63, 3.8) is 0 Å². The first-order valence-corrected chi connectivity index (χ1v) is 15.4. The Labute approximate surface area is 253 Å². The van der Waals surface area contributed by atoms with Crippen molar-refractivity contribution in [2.45, 2.75) is 76.5 Å². The summed E-state index contributed by atoms with van der Waals surface area (Å²) in [6.07, 6.45) is 6.49. The number of benzene rings is 2. The number of carbonyl (C=O) groups excluding carboxylic acids is 3. The molecular weight excluding hydrogens is 556 g/mol. The lowest BCUT2D eigenvalue weighted by molar-refractivity contribution is -0.132. The highest BCUT2D eigenvalue weighted by atomic mass is 35.5. The Hall–Kier alpha value is -3.30. The summed E-state index contributed by atoms with van der Waals surface area (Å²) in [4.78, 5) is 43.0. The van der Waals surface area contributed by atoms with Gasteiger partial charge in [-0.2, -0.15) is 0 Å². The smallest absolute Gasteiger partial charge is 0.318 e. The van der Waals surface area contributed by atoms with Crippen LogP contribution in [0.2, 0.25) is 5.02 Å². The van der Waals surface area contributed by atoms with E-state index in [0.717, 1.165) is 42.6 Å². The molecule has 228 valence electrons. The van der Waals surface area contributed by atoms with Crippen LogP contribution >= 0.6 is 11.6 Å². The fraction of sp³-hybridized carbons (Fsp3) is 0.531. The van der Waals surface area contributed by atoms with Crippen LogP contribution in [0.15, 0.2) is 48.5 Å². The minimum atomic E-state index is -0.744. The van der Waals surface area contributed by atoms with Gasteiger partial charge in [-0.05, 0) is 42.5 Å². The van der Waals surface area contributed by atoms with Crippen LogP contribution in [0.3, 0.4) is 0 Å². The lowest BCUT2D eigenvalue weighted by atomic mass is 9.84. The van der Waals surface area contributed by atoms with Crippen LogP contribution in [-0.4, -0.2) is 71.6 Å². The number of rotatable bonds is 11. The molecule has 10 heteroatoms. The van der Waals surface area contributed by atoms with Crippen molar-refractivity contribution in [2.75, 3.05) is 26.8 Å². The van der Waals surface area contributed by atoms with E-state index in [-0.39, 0.29) is 30.9 Å². The Morgan fingerprint density at radius 3 is 2.64 bits per heavy atom. The molecule has 1 aliphatic carbocycles. The summed E-state index contributed by atoms with van der Waals surface area (Å²) in [6.45, 7) is 1.39. The second-order valence-electron chi connectivity index (χ2n) is 11.4. The van der Waals surface area contributed by atoms with Gasteiger partial charge in [-0.1, -0.05) is 74.0 Å². The summed E-state index contributed by atoms with van der Waals surface area (Å²) in [7, 11) is 1.68. The average molecular weight is 599 g/mol. The van der Waals surface area contributed by atoms with Crippen molar-refractivity contribution in [1.29, 1.82) is 0 Å². The zero-order valence-electron chi connectivity index (χ0n) is 24.4. The van der Waals surface area contributed by atoms with E-state index in [9.17, 15) is 19.5 Å². The van der Waals surface area contributed by atoms with Gasteiger partial charge in [-0.3, -0.25) is 9.59 Å². The lowest BCUT2D eigenvalue weighted by Crippen LogP contribution is -2.53. The molecule has 0 saturated heterocycles. The van der Waals surface area contributed by atoms with Crippen molar-refractivity contribution < 1.29 is 24.2 Å². The minimum Gasteiger partial charge on any atom is -0.491 e.